The van der Waals surface area contributed by atoms with Gasteiger partial charge in [0, 0.05) is 37.9 Å². The van der Waals surface area contributed by atoms with E-state index >= 15 is 0 Å². The van der Waals surface area contributed by atoms with Gasteiger partial charge in [-0.15, -0.1) is 6.58 Å². The molecule has 0 bridgehead atoms. The predicted molar refractivity (Wildman–Crippen MR) is 95.8 cm³/mol. The van der Waals surface area contributed by atoms with Crippen molar-refractivity contribution < 1.29 is 9.53 Å². The first-order chi connectivity index (χ1) is 12.3. The largest absolute Gasteiger partial charge is 0.377 e. The van der Waals surface area contributed by atoms with E-state index in [-0.39, 0.29) is 11.9 Å². The van der Waals surface area contributed by atoms with Crippen molar-refractivity contribution in [1.29, 1.82) is 0 Å². The third-order valence-electron chi connectivity index (χ3n) is 4.23. The molecule has 1 aliphatic rings. The van der Waals surface area contributed by atoms with Gasteiger partial charge in [0.15, 0.2) is 0 Å². The molecular formula is C19H24N4O2. The summed E-state index contributed by atoms with van der Waals surface area (Å²) in [7, 11) is 0. The van der Waals surface area contributed by atoms with Gasteiger partial charge in [0.1, 0.15) is 5.82 Å². The molecule has 0 fully saturated rings. The zero-order valence-corrected chi connectivity index (χ0v) is 14.3. The number of benzene rings is 1. The van der Waals surface area contributed by atoms with Crippen LogP contribution in [-0.2, 0) is 24.4 Å². The first kappa shape index (κ1) is 17.2. The van der Waals surface area contributed by atoms with E-state index in [1.54, 1.807) is 12.3 Å². The summed E-state index contributed by atoms with van der Waals surface area (Å²) in [5.41, 5.74) is 1.08. The predicted octanol–water partition coefficient (Wildman–Crippen LogP) is 2.43. The second-order valence-electron chi connectivity index (χ2n) is 6.21. The molecule has 3 rings (SSSR count). The molecule has 6 nitrogen and oxygen atoms in total. The lowest BCUT2D eigenvalue weighted by molar-refractivity contribution is 0.101. The van der Waals surface area contributed by atoms with E-state index in [9.17, 15) is 4.79 Å². The van der Waals surface area contributed by atoms with Crippen LogP contribution in [0, 0.1) is 5.92 Å². The summed E-state index contributed by atoms with van der Waals surface area (Å²) in [6.07, 6.45) is 5.48. The van der Waals surface area contributed by atoms with Gasteiger partial charge < -0.3 is 19.5 Å². The minimum atomic E-state index is -0.0750. The topological polar surface area (TPSA) is 59.4 Å². The fraction of sp³-hybridized carbons (Fsp3) is 0.368. The van der Waals surface area contributed by atoms with Crippen LogP contribution in [-0.4, -0.2) is 40.2 Å². The summed E-state index contributed by atoms with van der Waals surface area (Å²) in [6, 6.07) is 9.83. The molecule has 2 amide bonds. The van der Waals surface area contributed by atoms with E-state index < -0.39 is 0 Å². The highest BCUT2D eigenvalue weighted by atomic mass is 16.5. The van der Waals surface area contributed by atoms with E-state index in [0.29, 0.717) is 32.8 Å². The number of aromatic nitrogens is 2. The molecule has 0 aliphatic carbocycles. The molecule has 6 heteroatoms. The van der Waals surface area contributed by atoms with E-state index in [1.807, 2.05) is 41.4 Å². The normalized spacial score (nSPS) is 16.8. The third kappa shape index (κ3) is 4.70. The average Bonchev–Trinajstić information content (AvgIpc) is 2.99. The van der Waals surface area contributed by atoms with Gasteiger partial charge in [-0.2, -0.15) is 0 Å². The number of carbonyl (C=O) groups excluding carboxylic acids is 1. The number of hydrogen-bond acceptors (Lipinski definition) is 3. The molecule has 1 atom stereocenters. The van der Waals surface area contributed by atoms with Gasteiger partial charge in [0.25, 0.3) is 0 Å². The Kier molecular flexibility index (Phi) is 5.85. The van der Waals surface area contributed by atoms with Gasteiger partial charge in [0.05, 0.1) is 19.8 Å². The number of fused-ring (bicyclic) bond motifs is 1. The quantitative estimate of drug-likeness (QED) is 0.649. The highest BCUT2D eigenvalue weighted by Gasteiger charge is 2.25. The number of imidazole rings is 1. The maximum atomic E-state index is 12.7. The Morgan fingerprint density at radius 1 is 1.36 bits per heavy atom. The van der Waals surface area contributed by atoms with Gasteiger partial charge in [-0.3, -0.25) is 0 Å². The van der Waals surface area contributed by atoms with Crippen LogP contribution in [0.4, 0.5) is 4.79 Å². The summed E-state index contributed by atoms with van der Waals surface area (Å²) in [6.45, 7) is 7.24. The van der Waals surface area contributed by atoms with Crippen LogP contribution in [0.1, 0.15) is 11.4 Å². The molecule has 1 unspecified atom stereocenters. The van der Waals surface area contributed by atoms with Crippen molar-refractivity contribution in [3.05, 3.63) is 66.8 Å². The molecule has 0 spiro atoms. The van der Waals surface area contributed by atoms with Gasteiger partial charge >= 0.3 is 6.03 Å². The van der Waals surface area contributed by atoms with Crippen molar-refractivity contribution in [2.24, 2.45) is 5.92 Å². The minimum Gasteiger partial charge on any atom is -0.377 e. The van der Waals surface area contributed by atoms with Crippen LogP contribution in [0.3, 0.4) is 0 Å². The number of ether oxygens (including phenoxy) is 1. The molecule has 25 heavy (non-hydrogen) atoms. The molecule has 1 aromatic heterocycles. The molecule has 0 saturated heterocycles. The van der Waals surface area contributed by atoms with Crippen molar-refractivity contribution in [1.82, 2.24) is 19.8 Å². The lowest BCUT2D eigenvalue weighted by Gasteiger charge is -2.24. The Morgan fingerprint density at radius 2 is 2.20 bits per heavy atom. The van der Waals surface area contributed by atoms with Crippen LogP contribution in [0.2, 0.25) is 0 Å². The standard InChI is InChI=1S/C19H24N4O2/c1-2-10-25-15-17-12-22-9-8-20-18(22)14-23(13-17)19(24)21-11-16-6-4-3-5-7-16/h2-9,17H,1,10-15H2,(H,21,24). The number of carbonyl (C=O) groups is 1. The molecule has 2 aromatic rings. The number of nitrogens with zero attached hydrogens (tertiary/aromatic N) is 3. The van der Waals surface area contributed by atoms with Gasteiger partial charge in [-0.1, -0.05) is 36.4 Å². The Morgan fingerprint density at radius 3 is 3.00 bits per heavy atom. The number of hydrogen-bond donors (Lipinski definition) is 1. The first-order valence-electron chi connectivity index (χ1n) is 8.51. The minimum absolute atomic E-state index is 0.0750. The van der Waals surface area contributed by atoms with Gasteiger partial charge in [-0.25, -0.2) is 9.78 Å². The third-order valence-corrected chi connectivity index (χ3v) is 4.23. The van der Waals surface area contributed by atoms with Crippen molar-refractivity contribution >= 4 is 6.03 Å². The van der Waals surface area contributed by atoms with Crippen molar-refractivity contribution in [3.63, 3.8) is 0 Å². The van der Waals surface area contributed by atoms with E-state index in [0.717, 1.165) is 17.9 Å². The average molecular weight is 340 g/mol. The molecule has 1 aliphatic heterocycles. The van der Waals surface area contributed by atoms with Gasteiger partial charge in [0.2, 0.25) is 0 Å². The SMILES string of the molecule is C=CCOCC1CN(C(=O)NCc2ccccc2)Cc2nccn2C1. The molecular weight excluding hydrogens is 316 g/mol. The zero-order chi connectivity index (χ0) is 17.5. The van der Waals surface area contributed by atoms with Crippen LogP contribution in [0.5, 0.6) is 0 Å². The van der Waals surface area contributed by atoms with Crippen LogP contribution < -0.4 is 5.32 Å². The maximum Gasteiger partial charge on any atom is 0.318 e. The van der Waals surface area contributed by atoms with Crippen molar-refractivity contribution in [2.45, 2.75) is 19.6 Å². The fourth-order valence-corrected chi connectivity index (χ4v) is 3.00. The summed E-state index contributed by atoms with van der Waals surface area (Å²) in [4.78, 5) is 18.9. The number of amides is 2. The van der Waals surface area contributed by atoms with Gasteiger partial charge in [-0.05, 0) is 5.56 Å². The lowest BCUT2D eigenvalue weighted by Crippen LogP contribution is -2.41. The monoisotopic (exact) mass is 340 g/mol. The highest BCUT2D eigenvalue weighted by molar-refractivity contribution is 5.74. The fourth-order valence-electron chi connectivity index (χ4n) is 3.00. The Balaban J connectivity index is 1.64. The molecule has 0 saturated carbocycles. The second-order valence-corrected chi connectivity index (χ2v) is 6.21. The van der Waals surface area contributed by atoms with Crippen LogP contribution in [0.25, 0.3) is 0 Å². The maximum absolute atomic E-state index is 12.7. The Hall–Kier alpha value is -2.60. The van der Waals surface area contributed by atoms with Crippen LogP contribution in [0.15, 0.2) is 55.4 Å². The molecule has 1 N–H and O–H groups in total. The smallest absolute Gasteiger partial charge is 0.318 e. The number of rotatable bonds is 6. The molecule has 2 heterocycles. The van der Waals surface area contributed by atoms with Crippen molar-refractivity contribution in [3.8, 4) is 0 Å². The number of nitrogens with one attached hydrogen (secondary N) is 1. The summed E-state index contributed by atoms with van der Waals surface area (Å²) < 4.78 is 7.72. The summed E-state index contributed by atoms with van der Waals surface area (Å²) >= 11 is 0. The Bertz CT molecular complexity index is 698. The molecule has 132 valence electrons. The van der Waals surface area contributed by atoms with E-state index in [4.69, 9.17) is 4.74 Å². The summed E-state index contributed by atoms with van der Waals surface area (Å²) in [5.74, 6) is 1.12. The molecule has 1 aromatic carbocycles. The molecule has 0 radical (unpaired) electrons. The lowest BCUT2D eigenvalue weighted by atomic mass is 10.1. The second kappa shape index (κ2) is 8.48. The summed E-state index contributed by atoms with van der Waals surface area (Å²) in [5, 5.41) is 3.00. The van der Waals surface area contributed by atoms with Crippen LogP contribution >= 0.6 is 0 Å². The zero-order valence-electron chi connectivity index (χ0n) is 14.3. The van der Waals surface area contributed by atoms with E-state index in [2.05, 4.69) is 21.4 Å². The first-order valence-corrected chi connectivity index (χ1v) is 8.51. The Labute approximate surface area is 148 Å². The highest BCUT2D eigenvalue weighted by Crippen LogP contribution is 2.16. The van der Waals surface area contributed by atoms with E-state index in [1.165, 1.54) is 0 Å². The number of urea groups is 1. The van der Waals surface area contributed by atoms with Crippen molar-refractivity contribution in [2.75, 3.05) is 19.8 Å².